The molecule has 0 aliphatic rings. The summed E-state index contributed by atoms with van der Waals surface area (Å²) >= 11 is 15.5. The summed E-state index contributed by atoms with van der Waals surface area (Å²) in [4.78, 5) is 0. The molecule has 3 nitrogen and oxygen atoms in total. The summed E-state index contributed by atoms with van der Waals surface area (Å²) < 4.78 is 2.87. The van der Waals surface area contributed by atoms with Crippen LogP contribution >= 0.6 is 39.1 Å². The summed E-state index contributed by atoms with van der Waals surface area (Å²) in [5.74, 6) is 0. The molecule has 0 spiro atoms. The van der Waals surface area contributed by atoms with Gasteiger partial charge in [0.15, 0.2) is 0 Å². The molecule has 0 amide bonds. The standard InChI is InChI=1S/C14H16BrCl2N3/c1-8(2)20-14(10(15)7-19-20)13(18)6-9-3-4-11(16)12(17)5-9/h3-5,7-8,13H,6,18H2,1-2H3. The normalized spacial score (nSPS) is 12.9. The van der Waals surface area contributed by atoms with E-state index in [0.29, 0.717) is 16.5 Å². The zero-order valence-corrected chi connectivity index (χ0v) is 14.4. The molecule has 0 fully saturated rings. The van der Waals surface area contributed by atoms with Gasteiger partial charge in [-0.2, -0.15) is 5.10 Å². The first kappa shape index (κ1) is 15.8. The molecule has 6 heteroatoms. The van der Waals surface area contributed by atoms with Gasteiger partial charge in [0.25, 0.3) is 0 Å². The molecule has 0 saturated heterocycles. The Labute approximate surface area is 137 Å². The van der Waals surface area contributed by atoms with E-state index in [0.717, 1.165) is 15.7 Å². The van der Waals surface area contributed by atoms with Crippen LogP contribution in [0.25, 0.3) is 0 Å². The van der Waals surface area contributed by atoms with E-state index in [4.69, 9.17) is 28.9 Å². The molecule has 0 aliphatic carbocycles. The molecule has 0 aliphatic heterocycles. The van der Waals surface area contributed by atoms with Gasteiger partial charge < -0.3 is 5.73 Å². The molecule has 108 valence electrons. The molecule has 1 unspecified atom stereocenters. The Balaban J connectivity index is 2.25. The third-order valence-electron chi connectivity index (χ3n) is 3.07. The fraction of sp³-hybridized carbons (Fsp3) is 0.357. The van der Waals surface area contributed by atoms with Gasteiger partial charge in [0.2, 0.25) is 0 Å². The molecule has 1 heterocycles. The van der Waals surface area contributed by atoms with E-state index >= 15 is 0 Å². The number of halogens is 3. The van der Waals surface area contributed by atoms with Crippen molar-refractivity contribution >= 4 is 39.1 Å². The predicted molar refractivity (Wildman–Crippen MR) is 87.4 cm³/mol. The van der Waals surface area contributed by atoms with Crippen LogP contribution < -0.4 is 5.73 Å². The first-order valence-electron chi connectivity index (χ1n) is 6.32. The van der Waals surface area contributed by atoms with Crippen LogP contribution in [-0.4, -0.2) is 9.78 Å². The van der Waals surface area contributed by atoms with Crippen molar-refractivity contribution in [2.24, 2.45) is 5.73 Å². The van der Waals surface area contributed by atoms with Crippen LogP contribution in [0.3, 0.4) is 0 Å². The minimum atomic E-state index is -0.161. The van der Waals surface area contributed by atoms with Gasteiger partial charge in [-0.25, -0.2) is 0 Å². The van der Waals surface area contributed by atoms with Crippen LogP contribution in [0.5, 0.6) is 0 Å². The van der Waals surface area contributed by atoms with Crippen LogP contribution in [0.1, 0.15) is 37.2 Å². The first-order valence-corrected chi connectivity index (χ1v) is 7.87. The Bertz CT molecular complexity index is 610. The van der Waals surface area contributed by atoms with Gasteiger partial charge in [-0.05, 0) is 53.9 Å². The molecule has 20 heavy (non-hydrogen) atoms. The van der Waals surface area contributed by atoms with Gasteiger partial charge >= 0.3 is 0 Å². The third-order valence-corrected chi connectivity index (χ3v) is 4.42. The molecule has 2 rings (SSSR count). The lowest BCUT2D eigenvalue weighted by Gasteiger charge is -2.17. The lowest BCUT2D eigenvalue weighted by molar-refractivity contribution is 0.484. The van der Waals surface area contributed by atoms with Crippen LogP contribution in [0, 0.1) is 0 Å². The van der Waals surface area contributed by atoms with Gasteiger partial charge in [0.1, 0.15) is 0 Å². The van der Waals surface area contributed by atoms with Crippen LogP contribution in [0.15, 0.2) is 28.9 Å². The highest BCUT2D eigenvalue weighted by Crippen LogP contribution is 2.29. The Morgan fingerprint density at radius 2 is 2.00 bits per heavy atom. The average Bonchev–Trinajstić information content (AvgIpc) is 2.76. The highest BCUT2D eigenvalue weighted by molar-refractivity contribution is 9.10. The number of nitrogens with zero attached hydrogens (tertiary/aromatic N) is 2. The Kier molecular flexibility index (Phi) is 5.13. The molecule has 1 aromatic carbocycles. The smallest absolute Gasteiger partial charge is 0.0699 e. The molecule has 0 saturated carbocycles. The SMILES string of the molecule is CC(C)n1ncc(Br)c1C(N)Cc1ccc(Cl)c(Cl)c1. The lowest BCUT2D eigenvalue weighted by atomic mass is 10.0. The van der Waals surface area contributed by atoms with Crippen molar-refractivity contribution in [3.63, 3.8) is 0 Å². The average molecular weight is 377 g/mol. The largest absolute Gasteiger partial charge is 0.322 e. The van der Waals surface area contributed by atoms with Crippen molar-refractivity contribution in [2.45, 2.75) is 32.4 Å². The number of rotatable bonds is 4. The summed E-state index contributed by atoms with van der Waals surface area (Å²) in [7, 11) is 0. The second-order valence-corrected chi connectivity index (χ2v) is 6.64. The van der Waals surface area contributed by atoms with Gasteiger partial charge in [-0.3, -0.25) is 4.68 Å². The van der Waals surface area contributed by atoms with E-state index < -0.39 is 0 Å². The van der Waals surface area contributed by atoms with E-state index in [2.05, 4.69) is 34.9 Å². The Morgan fingerprint density at radius 3 is 2.60 bits per heavy atom. The minimum Gasteiger partial charge on any atom is -0.322 e. The van der Waals surface area contributed by atoms with Crippen molar-refractivity contribution in [3.8, 4) is 0 Å². The maximum absolute atomic E-state index is 6.33. The molecule has 1 aromatic heterocycles. The Morgan fingerprint density at radius 1 is 1.30 bits per heavy atom. The number of hydrogen-bond acceptors (Lipinski definition) is 2. The topological polar surface area (TPSA) is 43.8 Å². The summed E-state index contributed by atoms with van der Waals surface area (Å²) in [6.45, 7) is 4.16. The molecular weight excluding hydrogens is 361 g/mol. The zero-order valence-electron chi connectivity index (χ0n) is 11.3. The second-order valence-electron chi connectivity index (χ2n) is 4.98. The van der Waals surface area contributed by atoms with Gasteiger partial charge in [0, 0.05) is 6.04 Å². The van der Waals surface area contributed by atoms with Crippen molar-refractivity contribution < 1.29 is 0 Å². The fourth-order valence-electron chi connectivity index (χ4n) is 2.13. The van der Waals surface area contributed by atoms with Crippen molar-refractivity contribution in [2.75, 3.05) is 0 Å². The number of aromatic nitrogens is 2. The van der Waals surface area contributed by atoms with Gasteiger partial charge in [0.05, 0.1) is 32.5 Å². The van der Waals surface area contributed by atoms with Crippen LogP contribution in [0.2, 0.25) is 10.0 Å². The van der Waals surface area contributed by atoms with Gasteiger partial charge in [-0.15, -0.1) is 0 Å². The van der Waals surface area contributed by atoms with Crippen LogP contribution in [0.4, 0.5) is 0 Å². The van der Waals surface area contributed by atoms with E-state index in [1.807, 2.05) is 16.8 Å². The Hall–Kier alpha value is -0.550. The summed E-state index contributed by atoms with van der Waals surface area (Å²) in [6.07, 6.45) is 2.46. The molecule has 0 radical (unpaired) electrons. The minimum absolute atomic E-state index is 0.161. The van der Waals surface area contributed by atoms with E-state index in [-0.39, 0.29) is 12.1 Å². The lowest BCUT2D eigenvalue weighted by Crippen LogP contribution is -2.20. The van der Waals surface area contributed by atoms with Crippen molar-refractivity contribution in [3.05, 3.63) is 50.2 Å². The maximum atomic E-state index is 6.33. The third kappa shape index (κ3) is 3.37. The quantitative estimate of drug-likeness (QED) is 0.834. The number of benzene rings is 1. The summed E-state index contributed by atoms with van der Waals surface area (Å²) in [6, 6.07) is 5.69. The zero-order chi connectivity index (χ0) is 14.9. The van der Waals surface area contributed by atoms with Gasteiger partial charge in [-0.1, -0.05) is 29.3 Å². The van der Waals surface area contributed by atoms with Crippen molar-refractivity contribution in [1.82, 2.24) is 9.78 Å². The fourth-order valence-corrected chi connectivity index (χ4v) is 3.01. The first-order chi connectivity index (χ1) is 9.40. The summed E-state index contributed by atoms with van der Waals surface area (Å²) in [5.41, 5.74) is 8.38. The van der Waals surface area contributed by atoms with Crippen molar-refractivity contribution in [1.29, 1.82) is 0 Å². The van der Waals surface area contributed by atoms with E-state index in [1.165, 1.54) is 0 Å². The molecule has 2 N–H and O–H groups in total. The van der Waals surface area contributed by atoms with E-state index in [1.54, 1.807) is 12.3 Å². The maximum Gasteiger partial charge on any atom is 0.0699 e. The highest BCUT2D eigenvalue weighted by Gasteiger charge is 2.18. The summed E-state index contributed by atoms with van der Waals surface area (Å²) in [5, 5.41) is 5.45. The molecule has 1 atom stereocenters. The highest BCUT2D eigenvalue weighted by atomic mass is 79.9. The predicted octanol–water partition coefficient (Wildman–Crippen LogP) is 4.78. The monoisotopic (exact) mass is 375 g/mol. The molecule has 2 aromatic rings. The van der Waals surface area contributed by atoms with Crippen LogP contribution in [-0.2, 0) is 6.42 Å². The molecular formula is C14H16BrCl2N3. The van der Waals surface area contributed by atoms with E-state index in [9.17, 15) is 0 Å². The molecule has 0 bridgehead atoms. The number of nitrogens with two attached hydrogens (primary N) is 1. The number of hydrogen-bond donors (Lipinski definition) is 1. The second kappa shape index (κ2) is 6.48.